The van der Waals surface area contributed by atoms with Gasteiger partial charge < -0.3 is 10.1 Å². The van der Waals surface area contributed by atoms with E-state index in [4.69, 9.17) is 4.74 Å². The highest BCUT2D eigenvalue weighted by Crippen LogP contribution is 2.30. The number of benzene rings is 2. The molecule has 0 spiro atoms. The van der Waals surface area contributed by atoms with Crippen molar-refractivity contribution in [3.8, 4) is 0 Å². The Labute approximate surface area is 194 Å². The molecule has 0 saturated heterocycles. The highest BCUT2D eigenvalue weighted by atomic mass is 32.2. The second-order valence-corrected chi connectivity index (χ2v) is 9.72. The van der Waals surface area contributed by atoms with Crippen LogP contribution in [0.3, 0.4) is 0 Å². The minimum absolute atomic E-state index is 0.118. The van der Waals surface area contributed by atoms with Crippen molar-refractivity contribution in [1.82, 2.24) is 0 Å². The largest absolute Gasteiger partial charge is 0.462 e. The molecule has 0 aromatic heterocycles. The third-order valence-corrected chi connectivity index (χ3v) is 7.08. The molecule has 32 heavy (non-hydrogen) atoms. The van der Waals surface area contributed by atoms with Crippen molar-refractivity contribution >= 4 is 34.4 Å². The average molecular weight is 454 g/mol. The Bertz CT molecular complexity index is 924. The molecule has 1 aliphatic carbocycles. The van der Waals surface area contributed by atoms with E-state index in [0.717, 1.165) is 30.2 Å². The third kappa shape index (κ3) is 6.95. The molecule has 6 heteroatoms. The first-order valence-electron chi connectivity index (χ1n) is 11.2. The van der Waals surface area contributed by atoms with E-state index in [1.165, 1.54) is 26.2 Å². The number of hydrogen-bond donors (Lipinski definition) is 1. The van der Waals surface area contributed by atoms with Crippen LogP contribution in [0.25, 0.3) is 0 Å². The zero-order valence-corrected chi connectivity index (χ0v) is 19.5. The van der Waals surface area contributed by atoms with Crippen LogP contribution < -0.4 is 5.32 Å². The van der Waals surface area contributed by atoms with Crippen LogP contribution in [0.2, 0.25) is 0 Å². The molecule has 1 N–H and O–H groups in total. The van der Waals surface area contributed by atoms with E-state index in [9.17, 15) is 14.4 Å². The van der Waals surface area contributed by atoms with Crippen molar-refractivity contribution in [2.45, 2.75) is 57.1 Å². The number of rotatable bonds is 8. The third-order valence-electron chi connectivity index (χ3n) is 5.87. The number of anilines is 1. The molecule has 1 saturated carbocycles. The van der Waals surface area contributed by atoms with Gasteiger partial charge in [0.05, 0.1) is 17.4 Å². The lowest BCUT2D eigenvalue weighted by Gasteiger charge is -2.22. The maximum Gasteiger partial charge on any atom is 0.338 e. The van der Waals surface area contributed by atoms with Crippen molar-refractivity contribution in [3.05, 3.63) is 65.7 Å². The monoisotopic (exact) mass is 453 g/mol. The Balaban J connectivity index is 1.65. The van der Waals surface area contributed by atoms with Gasteiger partial charge in [-0.3, -0.25) is 9.59 Å². The van der Waals surface area contributed by atoms with Crippen LogP contribution in [0.1, 0.15) is 67.8 Å². The predicted octanol–water partition coefficient (Wildman–Crippen LogP) is 5.81. The molecule has 0 heterocycles. The maximum absolute atomic E-state index is 13.1. The smallest absolute Gasteiger partial charge is 0.338 e. The summed E-state index contributed by atoms with van der Waals surface area (Å²) < 4.78 is 5.52. The SMILES string of the molecule is CC(=O)SC(C(=O)Nc1cccc(C(=O)OCC2CCCCC2)c1)C(C)c1ccccc1. The Kier molecular flexibility index (Phi) is 8.91. The summed E-state index contributed by atoms with van der Waals surface area (Å²) in [6.07, 6.45) is 5.88. The molecule has 2 aromatic carbocycles. The molecule has 0 aliphatic heterocycles. The molecule has 1 fully saturated rings. The summed E-state index contributed by atoms with van der Waals surface area (Å²) in [6, 6.07) is 16.4. The van der Waals surface area contributed by atoms with Crippen molar-refractivity contribution in [1.29, 1.82) is 0 Å². The molecular weight excluding hydrogens is 422 g/mol. The van der Waals surface area contributed by atoms with Gasteiger partial charge in [0.1, 0.15) is 0 Å². The molecule has 5 nitrogen and oxygen atoms in total. The van der Waals surface area contributed by atoms with Crippen LogP contribution in [0, 0.1) is 5.92 Å². The number of esters is 1. The number of carbonyl (C=O) groups is 3. The summed E-state index contributed by atoms with van der Waals surface area (Å²) >= 11 is 1.02. The van der Waals surface area contributed by atoms with Crippen molar-refractivity contribution in [2.24, 2.45) is 5.92 Å². The minimum Gasteiger partial charge on any atom is -0.462 e. The molecule has 2 aromatic rings. The van der Waals surface area contributed by atoms with E-state index in [2.05, 4.69) is 5.32 Å². The van der Waals surface area contributed by atoms with Gasteiger partial charge in [-0.1, -0.05) is 74.3 Å². The first-order valence-corrected chi connectivity index (χ1v) is 12.1. The van der Waals surface area contributed by atoms with Crippen LogP contribution in [0.15, 0.2) is 54.6 Å². The molecule has 170 valence electrons. The van der Waals surface area contributed by atoms with E-state index in [-0.39, 0.29) is 22.9 Å². The van der Waals surface area contributed by atoms with Gasteiger partial charge in [-0.15, -0.1) is 0 Å². The molecule has 0 radical (unpaired) electrons. The molecule has 1 amide bonds. The molecule has 3 rings (SSSR count). The van der Waals surface area contributed by atoms with Gasteiger partial charge in [0.25, 0.3) is 0 Å². The maximum atomic E-state index is 13.1. The highest BCUT2D eigenvalue weighted by Gasteiger charge is 2.29. The summed E-state index contributed by atoms with van der Waals surface area (Å²) in [5.74, 6) is -0.360. The number of hydrogen-bond acceptors (Lipinski definition) is 5. The zero-order valence-electron chi connectivity index (χ0n) is 18.7. The van der Waals surface area contributed by atoms with Crippen molar-refractivity contribution in [3.63, 3.8) is 0 Å². The molecule has 2 atom stereocenters. The number of carbonyl (C=O) groups excluding carboxylic acids is 3. The zero-order chi connectivity index (χ0) is 22.9. The quantitative estimate of drug-likeness (QED) is 0.510. The summed E-state index contributed by atoms with van der Waals surface area (Å²) in [5.41, 5.74) is 1.91. The fourth-order valence-electron chi connectivity index (χ4n) is 4.06. The van der Waals surface area contributed by atoms with Gasteiger partial charge in [0.2, 0.25) is 5.91 Å². The normalized spacial score (nSPS) is 16.1. The van der Waals surface area contributed by atoms with Crippen LogP contribution >= 0.6 is 11.8 Å². The van der Waals surface area contributed by atoms with E-state index in [0.29, 0.717) is 23.8 Å². The Morgan fingerprint density at radius 3 is 2.44 bits per heavy atom. The van der Waals surface area contributed by atoms with Gasteiger partial charge in [0.15, 0.2) is 5.12 Å². The molecule has 2 unspecified atom stereocenters. The van der Waals surface area contributed by atoms with Gasteiger partial charge in [-0.2, -0.15) is 0 Å². The highest BCUT2D eigenvalue weighted by molar-refractivity contribution is 8.14. The molecule has 1 aliphatic rings. The number of ether oxygens (including phenoxy) is 1. The van der Waals surface area contributed by atoms with E-state index < -0.39 is 5.25 Å². The van der Waals surface area contributed by atoms with Gasteiger partial charge in [-0.25, -0.2) is 4.79 Å². The standard InChI is InChI=1S/C26H31NO4S/c1-18(21-12-7-4-8-13-21)24(32-19(2)28)25(29)27-23-15-9-14-22(16-23)26(30)31-17-20-10-5-3-6-11-20/h4,7-9,12-16,18,20,24H,3,5-6,10-11,17H2,1-2H3,(H,27,29). The van der Waals surface area contributed by atoms with Crippen molar-refractivity contribution < 1.29 is 19.1 Å². The predicted molar refractivity (Wildman–Crippen MR) is 129 cm³/mol. The van der Waals surface area contributed by atoms with Crippen LogP contribution in [0.5, 0.6) is 0 Å². The Hall–Kier alpha value is -2.60. The van der Waals surface area contributed by atoms with Gasteiger partial charge >= 0.3 is 5.97 Å². The second kappa shape index (κ2) is 11.9. The second-order valence-electron chi connectivity index (χ2n) is 8.40. The summed E-state index contributed by atoms with van der Waals surface area (Å²) in [5, 5.41) is 2.18. The van der Waals surface area contributed by atoms with Crippen molar-refractivity contribution in [2.75, 3.05) is 11.9 Å². The summed E-state index contributed by atoms with van der Waals surface area (Å²) in [7, 11) is 0. The number of thioether (sulfide) groups is 1. The lowest BCUT2D eigenvalue weighted by atomic mass is 9.90. The minimum atomic E-state index is -0.586. The number of amides is 1. The molecule has 0 bridgehead atoms. The Morgan fingerprint density at radius 2 is 1.75 bits per heavy atom. The van der Waals surface area contributed by atoms with Gasteiger partial charge in [0, 0.05) is 18.5 Å². The van der Waals surface area contributed by atoms with E-state index in [1.807, 2.05) is 37.3 Å². The number of nitrogens with one attached hydrogen (secondary N) is 1. The Morgan fingerprint density at radius 1 is 1.03 bits per heavy atom. The topological polar surface area (TPSA) is 72.5 Å². The first kappa shape index (κ1) is 24.1. The van der Waals surface area contributed by atoms with E-state index in [1.54, 1.807) is 24.3 Å². The molecular formula is C26H31NO4S. The summed E-state index contributed by atoms with van der Waals surface area (Å²) in [6.45, 7) is 3.85. The van der Waals surface area contributed by atoms with E-state index >= 15 is 0 Å². The van der Waals surface area contributed by atoms with Crippen LogP contribution in [-0.2, 0) is 14.3 Å². The summed E-state index contributed by atoms with van der Waals surface area (Å²) in [4.78, 5) is 37.4. The van der Waals surface area contributed by atoms with Crippen LogP contribution in [-0.4, -0.2) is 28.8 Å². The lowest BCUT2D eigenvalue weighted by Crippen LogP contribution is -2.30. The average Bonchev–Trinajstić information content (AvgIpc) is 2.81. The fourth-order valence-corrected chi connectivity index (χ4v) is 4.95. The fraction of sp³-hybridized carbons (Fsp3) is 0.423. The van der Waals surface area contributed by atoms with Crippen LogP contribution in [0.4, 0.5) is 5.69 Å². The first-order chi connectivity index (χ1) is 15.4. The van der Waals surface area contributed by atoms with Gasteiger partial charge in [-0.05, 0) is 42.5 Å². The lowest BCUT2D eigenvalue weighted by molar-refractivity contribution is -0.116.